The number of aliphatic hydroxyl groups is 1. The molecule has 0 aromatic heterocycles. The van der Waals surface area contributed by atoms with E-state index in [1.54, 1.807) is 0 Å². The molecule has 0 radical (unpaired) electrons. The Kier molecular flexibility index (Phi) is 48.1. The van der Waals surface area contributed by atoms with E-state index < -0.39 is 97.5 Å². The number of phosphoric ester groups is 2. The lowest BCUT2D eigenvalue weighted by molar-refractivity contribution is -0.161. The zero-order valence-corrected chi connectivity index (χ0v) is 48.7. The fraction of sp³-hybridized carbons (Fsp3) is 0.927. The smallest absolute Gasteiger partial charge is 0.462 e. The Hall–Kier alpha value is -1.94. The molecule has 0 rings (SSSR count). The molecule has 74 heavy (non-hydrogen) atoms. The number of carbonyl (C=O) groups is 4. The summed E-state index contributed by atoms with van der Waals surface area (Å²) in [6.07, 6.45) is 30.3. The van der Waals surface area contributed by atoms with Crippen molar-refractivity contribution in [1.29, 1.82) is 0 Å². The first-order valence-electron chi connectivity index (χ1n) is 29.1. The van der Waals surface area contributed by atoms with Gasteiger partial charge in [0.05, 0.1) is 26.4 Å². The molecule has 3 N–H and O–H groups in total. The molecular weight excluding hydrogens is 995 g/mol. The summed E-state index contributed by atoms with van der Waals surface area (Å²) < 4.78 is 67.2. The van der Waals surface area contributed by atoms with Crippen LogP contribution in [0.25, 0.3) is 0 Å². The highest BCUT2D eigenvalue weighted by Gasteiger charge is 2.30. The summed E-state index contributed by atoms with van der Waals surface area (Å²) in [5, 5.41) is 10.4. The molecule has 0 aliphatic carbocycles. The van der Waals surface area contributed by atoms with Crippen LogP contribution < -0.4 is 0 Å². The van der Waals surface area contributed by atoms with Crippen molar-refractivity contribution in [2.45, 2.75) is 284 Å². The van der Waals surface area contributed by atoms with E-state index in [9.17, 15) is 43.2 Å². The molecule has 438 valence electrons. The highest BCUT2D eigenvalue weighted by atomic mass is 31.2. The SMILES string of the molecule is CCCCCCCCCCCCCCCCCC(=O)O[C@H](COC(=O)CCCCCCCCC(C)C)COP(=O)(O)OC[C@@H](O)COP(=O)(O)OC[C@@H](COC(=O)CCCCCCC)OC(=O)CCCCCCC. The van der Waals surface area contributed by atoms with E-state index >= 15 is 0 Å². The number of aliphatic hydroxyl groups excluding tert-OH is 1. The van der Waals surface area contributed by atoms with Crippen molar-refractivity contribution in [1.82, 2.24) is 0 Å². The Labute approximate surface area is 447 Å². The second-order valence-electron chi connectivity index (χ2n) is 20.4. The van der Waals surface area contributed by atoms with Gasteiger partial charge in [0.25, 0.3) is 0 Å². The molecule has 0 aliphatic rings. The molecule has 0 bridgehead atoms. The van der Waals surface area contributed by atoms with Crippen LogP contribution in [0.1, 0.15) is 266 Å². The van der Waals surface area contributed by atoms with Crippen molar-refractivity contribution < 1.29 is 80.2 Å². The van der Waals surface area contributed by atoms with E-state index in [-0.39, 0.29) is 25.7 Å². The summed E-state index contributed by atoms with van der Waals surface area (Å²) in [7, 11) is -9.85. The second-order valence-corrected chi connectivity index (χ2v) is 23.4. The number of phosphoric acid groups is 2. The summed E-state index contributed by atoms with van der Waals surface area (Å²) >= 11 is 0. The average molecular weight is 1100 g/mol. The minimum absolute atomic E-state index is 0.0986. The van der Waals surface area contributed by atoms with Gasteiger partial charge in [-0.2, -0.15) is 0 Å². The first-order chi connectivity index (χ1) is 35.5. The van der Waals surface area contributed by atoms with Crippen molar-refractivity contribution >= 4 is 39.5 Å². The standard InChI is InChI=1S/C55H106O17P2/c1-6-9-12-15-16-17-18-19-20-21-22-23-24-31-36-41-55(60)72-51(45-66-53(58)39-34-30-26-25-29-32-37-48(4)5)47-70-74(63,64)68-43-49(56)42-67-73(61,62)69-46-50(71-54(59)40-35-28-14-11-8-3)44-65-52(57)38-33-27-13-10-7-2/h48-51,56H,6-47H2,1-5H3,(H,61,62)(H,63,64)/t49-,50+,51+/m0/s1. The van der Waals surface area contributed by atoms with E-state index in [1.165, 1.54) is 77.0 Å². The van der Waals surface area contributed by atoms with Gasteiger partial charge in [0.1, 0.15) is 19.3 Å². The number of unbranched alkanes of at least 4 members (excludes halogenated alkanes) is 27. The lowest BCUT2D eigenvalue weighted by Crippen LogP contribution is -2.30. The van der Waals surface area contributed by atoms with Gasteiger partial charge < -0.3 is 33.8 Å². The molecule has 0 amide bonds. The molecule has 0 spiro atoms. The van der Waals surface area contributed by atoms with Gasteiger partial charge in [-0.1, -0.05) is 214 Å². The predicted molar refractivity (Wildman–Crippen MR) is 289 cm³/mol. The van der Waals surface area contributed by atoms with E-state index in [0.717, 1.165) is 103 Å². The summed E-state index contributed by atoms with van der Waals surface area (Å²) in [4.78, 5) is 71.2. The summed E-state index contributed by atoms with van der Waals surface area (Å²) in [6.45, 7) is 6.86. The van der Waals surface area contributed by atoms with Crippen LogP contribution in [0.15, 0.2) is 0 Å². The van der Waals surface area contributed by atoms with Gasteiger partial charge in [-0.3, -0.25) is 37.3 Å². The molecule has 0 fully saturated rings. The molecule has 0 saturated heterocycles. The highest BCUT2D eigenvalue weighted by molar-refractivity contribution is 7.47. The second kappa shape index (κ2) is 49.4. The van der Waals surface area contributed by atoms with Crippen molar-refractivity contribution in [3.05, 3.63) is 0 Å². The molecule has 5 atom stereocenters. The Morgan fingerprint density at radius 2 is 0.622 bits per heavy atom. The van der Waals surface area contributed by atoms with Gasteiger partial charge in [-0.25, -0.2) is 9.13 Å². The molecule has 0 aliphatic heterocycles. The minimum Gasteiger partial charge on any atom is -0.462 e. The fourth-order valence-electron chi connectivity index (χ4n) is 7.99. The highest BCUT2D eigenvalue weighted by Crippen LogP contribution is 2.45. The Morgan fingerprint density at radius 1 is 0.365 bits per heavy atom. The number of ether oxygens (including phenoxy) is 4. The molecular formula is C55H106O17P2. The van der Waals surface area contributed by atoms with Gasteiger partial charge in [0.15, 0.2) is 12.2 Å². The fourth-order valence-corrected chi connectivity index (χ4v) is 9.57. The molecule has 0 saturated carbocycles. The predicted octanol–water partition coefficient (Wildman–Crippen LogP) is 14.3. The van der Waals surface area contributed by atoms with Crippen LogP contribution in [-0.4, -0.2) is 96.7 Å². The number of hydrogen-bond acceptors (Lipinski definition) is 15. The normalized spacial score (nSPS) is 14.5. The third-order valence-corrected chi connectivity index (χ3v) is 14.4. The van der Waals surface area contributed by atoms with Crippen LogP contribution in [0.3, 0.4) is 0 Å². The number of esters is 4. The number of carbonyl (C=O) groups excluding carboxylic acids is 4. The van der Waals surface area contributed by atoms with E-state index in [1.807, 2.05) is 0 Å². The number of rotatable bonds is 55. The topological polar surface area (TPSA) is 237 Å². The zero-order chi connectivity index (χ0) is 55.0. The lowest BCUT2D eigenvalue weighted by Gasteiger charge is -2.21. The van der Waals surface area contributed by atoms with Gasteiger partial charge in [-0.05, 0) is 31.6 Å². The van der Waals surface area contributed by atoms with Crippen LogP contribution in [0, 0.1) is 5.92 Å². The molecule has 0 aromatic rings. The van der Waals surface area contributed by atoms with Crippen LogP contribution in [0.2, 0.25) is 0 Å². The first kappa shape index (κ1) is 72.1. The third kappa shape index (κ3) is 49.6. The largest absolute Gasteiger partial charge is 0.472 e. The first-order valence-corrected chi connectivity index (χ1v) is 32.1. The van der Waals surface area contributed by atoms with E-state index in [2.05, 4.69) is 34.6 Å². The van der Waals surface area contributed by atoms with Crippen LogP contribution in [0.5, 0.6) is 0 Å². The van der Waals surface area contributed by atoms with Gasteiger partial charge in [-0.15, -0.1) is 0 Å². The molecule has 0 heterocycles. The molecule has 19 heteroatoms. The Balaban J connectivity index is 5.11. The van der Waals surface area contributed by atoms with Crippen molar-refractivity contribution in [2.24, 2.45) is 5.92 Å². The Bertz CT molecular complexity index is 1470. The van der Waals surface area contributed by atoms with Crippen LogP contribution >= 0.6 is 15.6 Å². The van der Waals surface area contributed by atoms with E-state index in [0.29, 0.717) is 31.6 Å². The van der Waals surface area contributed by atoms with Crippen molar-refractivity contribution in [3.8, 4) is 0 Å². The van der Waals surface area contributed by atoms with Crippen LogP contribution in [-0.2, 0) is 65.4 Å². The summed E-state index contributed by atoms with van der Waals surface area (Å²) in [5.74, 6) is -1.49. The van der Waals surface area contributed by atoms with Gasteiger partial charge in [0.2, 0.25) is 0 Å². The monoisotopic (exact) mass is 1100 g/mol. The quantitative estimate of drug-likeness (QED) is 0.0222. The molecule has 0 aromatic carbocycles. The maximum absolute atomic E-state index is 12.9. The number of hydrogen-bond donors (Lipinski definition) is 3. The third-order valence-electron chi connectivity index (χ3n) is 12.5. The minimum atomic E-state index is -4.93. The molecule has 2 unspecified atom stereocenters. The van der Waals surface area contributed by atoms with Gasteiger partial charge in [0, 0.05) is 25.7 Å². The Morgan fingerprint density at radius 3 is 0.919 bits per heavy atom. The van der Waals surface area contributed by atoms with Crippen molar-refractivity contribution in [2.75, 3.05) is 39.6 Å². The van der Waals surface area contributed by atoms with E-state index in [4.69, 9.17) is 37.0 Å². The maximum atomic E-state index is 12.9. The lowest BCUT2D eigenvalue weighted by atomic mass is 10.0. The van der Waals surface area contributed by atoms with Gasteiger partial charge >= 0.3 is 39.5 Å². The zero-order valence-electron chi connectivity index (χ0n) is 47.0. The summed E-state index contributed by atoms with van der Waals surface area (Å²) in [5.41, 5.74) is 0. The summed E-state index contributed by atoms with van der Waals surface area (Å²) in [6, 6.07) is 0. The average Bonchev–Trinajstić information content (AvgIpc) is 3.36. The van der Waals surface area contributed by atoms with Crippen molar-refractivity contribution in [3.63, 3.8) is 0 Å². The maximum Gasteiger partial charge on any atom is 0.472 e. The molecule has 17 nitrogen and oxygen atoms in total. The van der Waals surface area contributed by atoms with Crippen LogP contribution in [0.4, 0.5) is 0 Å².